The highest BCUT2D eigenvalue weighted by Crippen LogP contribution is 2.24. The smallest absolute Gasteiger partial charge is 0.246 e. The van der Waals surface area contributed by atoms with Gasteiger partial charge in [-0.1, -0.05) is 47.6 Å². The van der Waals surface area contributed by atoms with Crippen molar-refractivity contribution in [1.29, 1.82) is 0 Å². The van der Waals surface area contributed by atoms with Crippen LogP contribution in [0.15, 0.2) is 64.0 Å². The molecule has 1 atom stereocenters. The molecule has 2 aromatic carbocycles. The first kappa shape index (κ1) is 21.2. The van der Waals surface area contributed by atoms with E-state index in [9.17, 15) is 13.2 Å². The molecule has 2 heterocycles. The van der Waals surface area contributed by atoms with Crippen molar-refractivity contribution in [2.24, 2.45) is 5.92 Å². The summed E-state index contributed by atoms with van der Waals surface area (Å²) in [6.45, 7) is 2.62. The van der Waals surface area contributed by atoms with Crippen molar-refractivity contribution >= 4 is 15.9 Å². The van der Waals surface area contributed by atoms with Gasteiger partial charge in [0.2, 0.25) is 27.6 Å². The number of piperidine rings is 1. The molecule has 162 valence electrons. The Hall–Kier alpha value is -3.04. The van der Waals surface area contributed by atoms with Gasteiger partial charge in [0, 0.05) is 18.7 Å². The number of hydrogen-bond acceptors (Lipinski definition) is 6. The van der Waals surface area contributed by atoms with Crippen molar-refractivity contribution < 1.29 is 17.7 Å². The number of sulfonamides is 1. The Morgan fingerprint density at radius 3 is 2.68 bits per heavy atom. The maximum absolute atomic E-state index is 12.9. The van der Waals surface area contributed by atoms with Gasteiger partial charge in [0.05, 0.1) is 17.4 Å². The SMILES string of the molecule is Cc1ccccc1-c1noc(CNC(=O)[C@@H]2CCCN(S(=O)(=O)c3ccccc3)C2)n1. The Balaban J connectivity index is 1.38. The Bertz CT molecular complexity index is 1160. The molecule has 0 spiro atoms. The van der Waals surface area contributed by atoms with Crippen LogP contribution in [0.5, 0.6) is 0 Å². The lowest BCUT2D eigenvalue weighted by atomic mass is 9.99. The highest BCUT2D eigenvalue weighted by molar-refractivity contribution is 7.89. The standard InChI is InChI=1S/C22H24N4O4S/c1-16-8-5-6-12-19(16)21-24-20(30-25-21)14-23-22(27)17-9-7-13-26(15-17)31(28,29)18-10-3-2-4-11-18/h2-6,8,10-12,17H,7,9,13-15H2,1H3,(H,23,27)/t17-/m1/s1. The summed E-state index contributed by atoms with van der Waals surface area (Å²) < 4.78 is 32.4. The summed E-state index contributed by atoms with van der Waals surface area (Å²) in [7, 11) is -3.61. The molecule has 0 bridgehead atoms. The lowest BCUT2D eigenvalue weighted by Crippen LogP contribution is -2.45. The van der Waals surface area contributed by atoms with Crippen LogP contribution in [0, 0.1) is 12.8 Å². The third-order valence-electron chi connectivity index (χ3n) is 5.40. The molecule has 1 amide bonds. The highest BCUT2D eigenvalue weighted by Gasteiger charge is 2.33. The van der Waals surface area contributed by atoms with E-state index in [0.29, 0.717) is 31.1 Å². The molecule has 0 saturated carbocycles. The number of nitrogens with one attached hydrogen (secondary N) is 1. The fraction of sp³-hybridized carbons (Fsp3) is 0.318. The van der Waals surface area contributed by atoms with Gasteiger partial charge >= 0.3 is 0 Å². The molecule has 31 heavy (non-hydrogen) atoms. The van der Waals surface area contributed by atoms with Gasteiger partial charge in [-0.15, -0.1) is 0 Å². The minimum Gasteiger partial charge on any atom is -0.347 e. The topological polar surface area (TPSA) is 105 Å². The van der Waals surface area contributed by atoms with Crippen LogP contribution in [-0.4, -0.2) is 41.9 Å². The second kappa shape index (κ2) is 8.99. The van der Waals surface area contributed by atoms with Gasteiger partial charge in [-0.3, -0.25) is 4.79 Å². The van der Waals surface area contributed by atoms with Gasteiger partial charge in [-0.05, 0) is 37.5 Å². The molecule has 0 unspecified atom stereocenters. The van der Waals surface area contributed by atoms with Gasteiger partial charge in [-0.2, -0.15) is 9.29 Å². The van der Waals surface area contributed by atoms with Crippen LogP contribution in [-0.2, 0) is 21.4 Å². The monoisotopic (exact) mass is 440 g/mol. The highest BCUT2D eigenvalue weighted by atomic mass is 32.2. The predicted molar refractivity (Wildman–Crippen MR) is 114 cm³/mol. The van der Waals surface area contributed by atoms with E-state index >= 15 is 0 Å². The maximum Gasteiger partial charge on any atom is 0.246 e. The van der Waals surface area contributed by atoms with Crippen molar-refractivity contribution in [3.05, 3.63) is 66.1 Å². The number of carbonyl (C=O) groups is 1. The maximum atomic E-state index is 12.9. The van der Waals surface area contributed by atoms with E-state index in [4.69, 9.17) is 4.52 Å². The molecule has 8 nitrogen and oxygen atoms in total. The van der Waals surface area contributed by atoms with E-state index in [2.05, 4.69) is 15.5 Å². The number of aryl methyl sites for hydroxylation is 1. The number of carbonyl (C=O) groups excluding carboxylic acids is 1. The van der Waals surface area contributed by atoms with Crippen molar-refractivity contribution in [1.82, 2.24) is 19.8 Å². The Kier molecular flexibility index (Phi) is 6.15. The predicted octanol–water partition coefficient (Wildman–Crippen LogP) is 2.76. The van der Waals surface area contributed by atoms with Crippen LogP contribution in [0.2, 0.25) is 0 Å². The van der Waals surface area contributed by atoms with Crippen LogP contribution in [0.3, 0.4) is 0 Å². The Labute approximate surface area is 181 Å². The molecule has 1 aliphatic heterocycles. The first-order valence-electron chi connectivity index (χ1n) is 10.2. The summed E-state index contributed by atoms with van der Waals surface area (Å²) in [6.07, 6.45) is 1.26. The second-order valence-corrected chi connectivity index (χ2v) is 9.50. The van der Waals surface area contributed by atoms with Gasteiger partial charge in [-0.25, -0.2) is 8.42 Å². The molecule has 1 saturated heterocycles. The Morgan fingerprint density at radius 1 is 1.16 bits per heavy atom. The summed E-state index contributed by atoms with van der Waals surface area (Å²) in [5.74, 6) is 0.130. The van der Waals surface area contributed by atoms with Crippen molar-refractivity contribution in [2.75, 3.05) is 13.1 Å². The quantitative estimate of drug-likeness (QED) is 0.632. The number of benzene rings is 2. The zero-order valence-corrected chi connectivity index (χ0v) is 18.0. The summed E-state index contributed by atoms with van der Waals surface area (Å²) in [4.78, 5) is 17.3. The van der Waals surface area contributed by atoms with E-state index in [1.807, 2.05) is 31.2 Å². The third-order valence-corrected chi connectivity index (χ3v) is 7.28. The number of rotatable bonds is 6. The molecule has 9 heteroatoms. The average Bonchev–Trinajstić information content (AvgIpc) is 3.27. The molecule has 1 N–H and O–H groups in total. The van der Waals surface area contributed by atoms with Gasteiger partial charge < -0.3 is 9.84 Å². The minimum atomic E-state index is -3.61. The molecule has 1 fully saturated rings. The van der Waals surface area contributed by atoms with Gasteiger partial charge in [0.25, 0.3) is 0 Å². The first-order chi connectivity index (χ1) is 14.9. The lowest BCUT2D eigenvalue weighted by Gasteiger charge is -2.31. The molecule has 1 aromatic heterocycles. The van der Waals surface area contributed by atoms with E-state index in [-0.39, 0.29) is 23.9 Å². The number of nitrogens with zero attached hydrogens (tertiary/aromatic N) is 3. The average molecular weight is 441 g/mol. The number of aromatic nitrogens is 2. The van der Waals surface area contributed by atoms with E-state index < -0.39 is 15.9 Å². The molecular weight excluding hydrogens is 416 g/mol. The van der Waals surface area contributed by atoms with Gasteiger partial charge in [0.1, 0.15) is 0 Å². The molecule has 1 aliphatic rings. The summed E-state index contributed by atoms with van der Waals surface area (Å²) in [6, 6.07) is 16.0. The van der Waals surface area contributed by atoms with E-state index in [0.717, 1.165) is 11.1 Å². The fourth-order valence-electron chi connectivity index (χ4n) is 3.68. The zero-order valence-electron chi connectivity index (χ0n) is 17.2. The van der Waals surface area contributed by atoms with Crippen LogP contribution < -0.4 is 5.32 Å². The summed E-state index contributed by atoms with van der Waals surface area (Å²) in [5.41, 5.74) is 1.90. The van der Waals surface area contributed by atoms with Crippen LogP contribution in [0.1, 0.15) is 24.3 Å². The third kappa shape index (κ3) is 4.67. The molecule has 4 rings (SSSR count). The first-order valence-corrected chi connectivity index (χ1v) is 11.6. The van der Waals surface area contributed by atoms with Crippen LogP contribution in [0.4, 0.5) is 0 Å². The zero-order chi connectivity index (χ0) is 21.8. The summed E-state index contributed by atoms with van der Waals surface area (Å²) >= 11 is 0. The molecule has 3 aromatic rings. The second-order valence-electron chi connectivity index (χ2n) is 7.56. The fourth-order valence-corrected chi connectivity index (χ4v) is 5.23. The minimum absolute atomic E-state index is 0.0969. The lowest BCUT2D eigenvalue weighted by molar-refractivity contribution is -0.126. The molecule has 0 radical (unpaired) electrons. The number of amides is 1. The Morgan fingerprint density at radius 2 is 1.90 bits per heavy atom. The molecule has 0 aliphatic carbocycles. The number of hydrogen-bond donors (Lipinski definition) is 1. The van der Waals surface area contributed by atoms with Crippen molar-refractivity contribution in [2.45, 2.75) is 31.2 Å². The van der Waals surface area contributed by atoms with Crippen molar-refractivity contribution in [3.8, 4) is 11.4 Å². The summed E-state index contributed by atoms with van der Waals surface area (Å²) in [5, 5.41) is 6.79. The van der Waals surface area contributed by atoms with Crippen molar-refractivity contribution in [3.63, 3.8) is 0 Å². The van der Waals surface area contributed by atoms with E-state index in [1.165, 1.54) is 4.31 Å². The molecular formula is C22H24N4O4S. The van der Waals surface area contributed by atoms with Crippen LogP contribution >= 0.6 is 0 Å². The van der Waals surface area contributed by atoms with Gasteiger partial charge in [0.15, 0.2) is 0 Å². The normalized spacial score (nSPS) is 17.4. The van der Waals surface area contributed by atoms with E-state index in [1.54, 1.807) is 30.3 Å². The van der Waals surface area contributed by atoms with Crippen LogP contribution in [0.25, 0.3) is 11.4 Å². The largest absolute Gasteiger partial charge is 0.347 e.